The zero-order valence-corrected chi connectivity index (χ0v) is 18.4. The van der Waals surface area contributed by atoms with Crippen LogP contribution in [0, 0.1) is 11.6 Å². The maximum Gasteiger partial charge on any atom is 0.410 e. The van der Waals surface area contributed by atoms with Crippen LogP contribution in [0.15, 0.2) is 36.4 Å². The highest BCUT2D eigenvalue weighted by atomic mass is 19.1. The van der Waals surface area contributed by atoms with Crippen LogP contribution in [-0.2, 0) is 9.47 Å². The lowest BCUT2D eigenvalue weighted by Gasteiger charge is -2.34. The van der Waals surface area contributed by atoms with E-state index >= 15 is 0 Å². The van der Waals surface area contributed by atoms with Gasteiger partial charge in [-0.2, -0.15) is 5.10 Å². The maximum absolute atomic E-state index is 14.8. The van der Waals surface area contributed by atoms with Crippen LogP contribution in [0.25, 0.3) is 10.9 Å². The number of H-pyrrole nitrogens is 1. The highest BCUT2D eigenvalue weighted by molar-refractivity contribution is 6.11. The summed E-state index contributed by atoms with van der Waals surface area (Å²) in [6.07, 6.45) is -0.984. The lowest BCUT2D eigenvalue weighted by atomic mass is 10.1. The number of carbonyl (C=O) groups is 2. The molecule has 0 radical (unpaired) electrons. The summed E-state index contributed by atoms with van der Waals surface area (Å²) in [5, 5.41) is 9.40. The van der Waals surface area contributed by atoms with Crippen molar-refractivity contribution in [3.8, 4) is 0 Å². The minimum atomic E-state index is -0.662. The zero-order chi connectivity index (χ0) is 23.8. The van der Waals surface area contributed by atoms with Gasteiger partial charge in [-0.1, -0.05) is 6.07 Å². The van der Waals surface area contributed by atoms with Crippen molar-refractivity contribution in [2.45, 2.75) is 32.5 Å². The molecule has 0 bridgehead atoms. The number of ether oxygens (including phenoxy) is 2. The molecule has 1 atom stereocenters. The monoisotopic (exact) mass is 458 g/mol. The summed E-state index contributed by atoms with van der Waals surface area (Å²) in [5.74, 6) is -1.76. The fourth-order valence-corrected chi connectivity index (χ4v) is 3.52. The Morgan fingerprint density at radius 3 is 2.73 bits per heavy atom. The number of morpholine rings is 1. The summed E-state index contributed by atoms with van der Waals surface area (Å²) in [7, 11) is 0. The maximum atomic E-state index is 14.8. The molecule has 0 spiro atoms. The molecule has 1 fully saturated rings. The quantitative estimate of drug-likeness (QED) is 0.606. The first-order chi connectivity index (χ1) is 15.6. The Labute approximate surface area is 188 Å². The standard InChI is InChI=1S/C23H24F2N4O4/c1-23(2,3)33-22(31)29-8-9-32-19(12-29)13-4-7-17(16(25)10-13)26-21(30)20-15-6-5-14(24)11-18(15)27-28-20/h4-7,10-11,19H,8-9,12H2,1-3H3,(H,26,30)(H,27,28)/t19-/m0/s1. The summed E-state index contributed by atoms with van der Waals surface area (Å²) in [6, 6.07) is 8.18. The molecule has 1 aliphatic heterocycles. The molecule has 10 heteroatoms. The Morgan fingerprint density at radius 2 is 2.00 bits per heavy atom. The van der Waals surface area contributed by atoms with Crippen molar-refractivity contribution in [1.29, 1.82) is 0 Å². The van der Waals surface area contributed by atoms with E-state index in [4.69, 9.17) is 9.47 Å². The number of fused-ring (bicyclic) bond motifs is 1. The van der Waals surface area contributed by atoms with Crippen molar-refractivity contribution in [3.05, 3.63) is 59.3 Å². The van der Waals surface area contributed by atoms with Crippen LogP contribution in [-0.4, -0.2) is 52.4 Å². The van der Waals surface area contributed by atoms with Gasteiger partial charge < -0.3 is 19.7 Å². The predicted octanol–water partition coefficient (Wildman–Crippen LogP) is 4.40. The third kappa shape index (κ3) is 5.11. The van der Waals surface area contributed by atoms with Crippen molar-refractivity contribution in [2.75, 3.05) is 25.0 Å². The number of carbonyl (C=O) groups excluding carboxylic acids is 2. The lowest BCUT2D eigenvalue weighted by molar-refractivity contribution is -0.0433. The normalized spacial score (nSPS) is 16.6. The molecule has 2 N–H and O–H groups in total. The van der Waals surface area contributed by atoms with E-state index in [2.05, 4.69) is 15.5 Å². The largest absolute Gasteiger partial charge is 0.444 e. The van der Waals surface area contributed by atoms with Gasteiger partial charge in [0.15, 0.2) is 5.69 Å². The molecule has 3 aromatic rings. The number of hydrogen-bond acceptors (Lipinski definition) is 5. The summed E-state index contributed by atoms with van der Waals surface area (Å²) in [6.45, 7) is 6.25. The first-order valence-corrected chi connectivity index (χ1v) is 10.4. The van der Waals surface area contributed by atoms with E-state index < -0.39 is 35.3 Å². The van der Waals surface area contributed by atoms with Gasteiger partial charge in [0.25, 0.3) is 5.91 Å². The molecule has 8 nitrogen and oxygen atoms in total. The van der Waals surface area contributed by atoms with Crippen molar-refractivity contribution in [1.82, 2.24) is 15.1 Å². The van der Waals surface area contributed by atoms with Crippen LogP contribution in [0.2, 0.25) is 0 Å². The van der Waals surface area contributed by atoms with Gasteiger partial charge >= 0.3 is 6.09 Å². The highest BCUT2D eigenvalue weighted by Gasteiger charge is 2.29. The van der Waals surface area contributed by atoms with Gasteiger partial charge in [-0.15, -0.1) is 0 Å². The van der Waals surface area contributed by atoms with E-state index in [1.165, 1.54) is 35.2 Å². The smallest absolute Gasteiger partial charge is 0.410 e. The van der Waals surface area contributed by atoms with Crippen LogP contribution >= 0.6 is 0 Å². The topological polar surface area (TPSA) is 96.6 Å². The van der Waals surface area contributed by atoms with Gasteiger partial charge in [0, 0.05) is 11.9 Å². The molecule has 0 aliphatic carbocycles. The fourth-order valence-electron chi connectivity index (χ4n) is 3.52. The van der Waals surface area contributed by atoms with Crippen LogP contribution in [0.3, 0.4) is 0 Å². The number of halogens is 2. The second kappa shape index (κ2) is 8.78. The Bertz CT molecular complexity index is 1200. The lowest BCUT2D eigenvalue weighted by Crippen LogP contribution is -2.44. The molecule has 0 unspecified atom stereocenters. The van der Waals surface area contributed by atoms with E-state index in [1.54, 1.807) is 26.8 Å². The van der Waals surface area contributed by atoms with E-state index in [0.29, 0.717) is 23.0 Å². The Balaban J connectivity index is 1.46. The average molecular weight is 458 g/mol. The number of nitrogens with zero attached hydrogens (tertiary/aromatic N) is 2. The zero-order valence-electron chi connectivity index (χ0n) is 18.4. The molecule has 33 heavy (non-hydrogen) atoms. The molecule has 1 aromatic heterocycles. The third-order valence-corrected chi connectivity index (χ3v) is 5.07. The average Bonchev–Trinajstić information content (AvgIpc) is 3.17. The number of rotatable bonds is 3. The molecular weight excluding hydrogens is 434 g/mol. The van der Waals surface area contributed by atoms with E-state index in [0.717, 1.165) is 0 Å². The summed E-state index contributed by atoms with van der Waals surface area (Å²) < 4.78 is 39.3. The Kier molecular flexibility index (Phi) is 6.03. The van der Waals surface area contributed by atoms with Crippen LogP contribution in [0.5, 0.6) is 0 Å². The van der Waals surface area contributed by atoms with Gasteiger partial charge in [0.05, 0.1) is 24.4 Å². The molecule has 2 amide bonds. The third-order valence-electron chi connectivity index (χ3n) is 5.07. The first-order valence-electron chi connectivity index (χ1n) is 10.4. The molecule has 4 rings (SSSR count). The van der Waals surface area contributed by atoms with E-state index in [9.17, 15) is 18.4 Å². The molecule has 2 aromatic carbocycles. The predicted molar refractivity (Wildman–Crippen MR) is 117 cm³/mol. The molecule has 1 saturated heterocycles. The highest BCUT2D eigenvalue weighted by Crippen LogP contribution is 2.27. The van der Waals surface area contributed by atoms with Gasteiger partial charge in [-0.3, -0.25) is 9.89 Å². The van der Waals surface area contributed by atoms with E-state index in [-0.39, 0.29) is 24.5 Å². The second-order valence-corrected chi connectivity index (χ2v) is 8.74. The van der Waals surface area contributed by atoms with Crippen molar-refractivity contribution < 1.29 is 27.8 Å². The van der Waals surface area contributed by atoms with Gasteiger partial charge in [-0.05, 0) is 56.7 Å². The van der Waals surface area contributed by atoms with Gasteiger partial charge in [0.1, 0.15) is 23.3 Å². The summed E-state index contributed by atoms with van der Waals surface area (Å²) in [4.78, 5) is 26.5. The first kappa shape index (κ1) is 22.7. The summed E-state index contributed by atoms with van der Waals surface area (Å²) in [5.41, 5.74) is 0.253. The minimum Gasteiger partial charge on any atom is -0.444 e. The fraction of sp³-hybridized carbons (Fsp3) is 0.348. The van der Waals surface area contributed by atoms with Crippen LogP contribution < -0.4 is 5.32 Å². The second-order valence-electron chi connectivity index (χ2n) is 8.74. The number of amides is 2. The molecule has 2 heterocycles. The number of hydrogen-bond donors (Lipinski definition) is 2. The SMILES string of the molecule is CC(C)(C)OC(=O)N1CCO[C@H](c2ccc(NC(=O)c3n[nH]c4cc(F)ccc34)c(F)c2)C1. The van der Waals surface area contributed by atoms with Gasteiger partial charge in [-0.25, -0.2) is 13.6 Å². The number of aromatic amines is 1. The van der Waals surface area contributed by atoms with Crippen molar-refractivity contribution in [3.63, 3.8) is 0 Å². The number of benzene rings is 2. The molecule has 0 saturated carbocycles. The van der Waals surface area contributed by atoms with Crippen LogP contribution in [0.1, 0.15) is 42.9 Å². The number of aromatic nitrogens is 2. The van der Waals surface area contributed by atoms with E-state index in [1.807, 2.05) is 0 Å². The molecule has 174 valence electrons. The van der Waals surface area contributed by atoms with Crippen molar-refractivity contribution in [2.24, 2.45) is 0 Å². The Morgan fingerprint density at radius 1 is 1.21 bits per heavy atom. The number of nitrogens with one attached hydrogen (secondary N) is 2. The Hall–Kier alpha value is -3.53. The molecule has 1 aliphatic rings. The van der Waals surface area contributed by atoms with Crippen molar-refractivity contribution >= 4 is 28.6 Å². The minimum absolute atomic E-state index is 0.0251. The number of anilines is 1. The summed E-state index contributed by atoms with van der Waals surface area (Å²) >= 11 is 0. The van der Waals surface area contributed by atoms with Gasteiger partial charge in [0.2, 0.25) is 0 Å². The van der Waals surface area contributed by atoms with Crippen LogP contribution in [0.4, 0.5) is 19.3 Å². The molecular formula is C23H24F2N4O4.